The van der Waals surface area contributed by atoms with Gasteiger partial charge in [0.15, 0.2) is 0 Å². The number of carboxylic acid groups (broad SMARTS) is 1. The molecule has 1 unspecified atom stereocenters. The summed E-state index contributed by atoms with van der Waals surface area (Å²) >= 11 is 0. The summed E-state index contributed by atoms with van der Waals surface area (Å²) in [5.74, 6) is -2.36. The van der Waals surface area contributed by atoms with Gasteiger partial charge in [0.25, 0.3) is 0 Å². The van der Waals surface area contributed by atoms with Crippen LogP contribution >= 0.6 is 0 Å². The zero-order valence-electron chi connectivity index (χ0n) is 23.7. The number of amides is 3. The number of aromatic nitrogens is 3. The summed E-state index contributed by atoms with van der Waals surface area (Å²) < 4.78 is 5.43. The molecule has 12 nitrogen and oxygen atoms in total. The molecular weight excluding hydrogens is 528 g/mol. The van der Waals surface area contributed by atoms with Crippen LogP contribution in [0.2, 0.25) is 0 Å². The lowest BCUT2D eigenvalue weighted by Crippen LogP contribution is -2.56. The Kier molecular flexibility index (Phi) is 7.76. The minimum absolute atomic E-state index is 0.133. The van der Waals surface area contributed by atoms with Gasteiger partial charge in [0, 0.05) is 18.9 Å². The largest absolute Gasteiger partial charge is 0.479 e. The average molecular weight is 567 g/mol. The normalized spacial score (nSPS) is 29.1. The number of fused-ring (bicyclic) bond motifs is 3. The molecule has 1 aromatic carbocycles. The fourth-order valence-electron chi connectivity index (χ4n) is 5.73. The molecule has 1 aromatic heterocycles. The number of allylic oxidation sites excluding steroid dienone is 1. The van der Waals surface area contributed by atoms with E-state index >= 15 is 0 Å². The molecule has 0 radical (unpaired) electrons. The van der Waals surface area contributed by atoms with E-state index in [0.29, 0.717) is 30.3 Å². The van der Waals surface area contributed by atoms with Crippen LogP contribution in [-0.2, 0) is 19.1 Å². The van der Waals surface area contributed by atoms with Crippen LogP contribution in [0.1, 0.15) is 71.8 Å². The minimum Gasteiger partial charge on any atom is -0.479 e. The molecule has 3 aliphatic rings. The molecule has 1 aliphatic carbocycles. The highest BCUT2D eigenvalue weighted by atomic mass is 16.6. The second-order valence-electron chi connectivity index (χ2n) is 12.2. The number of hydrogen-bond donors (Lipinski definition) is 3. The number of nitrogens with zero attached hydrogens (tertiary/aromatic N) is 4. The molecule has 2 aliphatic heterocycles. The van der Waals surface area contributed by atoms with Gasteiger partial charge in [-0.2, -0.15) is 15.0 Å². The second kappa shape index (κ2) is 11.1. The third-order valence-electron chi connectivity index (χ3n) is 7.96. The van der Waals surface area contributed by atoms with Crippen molar-refractivity contribution in [1.82, 2.24) is 30.5 Å². The Hall–Kier alpha value is -3.96. The van der Waals surface area contributed by atoms with Crippen LogP contribution in [-0.4, -0.2) is 78.6 Å². The van der Waals surface area contributed by atoms with Crippen molar-refractivity contribution in [3.63, 3.8) is 0 Å². The van der Waals surface area contributed by atoms with Crippen molar-refractivity contribution in [3.05, 3.63) is 36.4 Å². The summed E-state index contributed by atoms with van der Waals surface area (Å²) in [6, 6.07) is 5.10. The molecule has 0 spiro atoms. The Bertz CT molecular complexity index is 1330. The van der Waals surface area contributed by atoms with Crippen LogP contribution in [0, 0.1) is 5.92 Å². The zero-order chi connectivity index (χ0) is 29.4. The minimum atomic E-state index is -1.40. The number of ether oxygens (including phenoxy) is 1. The van der Waals surface area contributed by atoms with Gasteiger partial charge in [-0.15, -0.1) is 0 Å². The predicted molar refractivity (Wildman–Crippen MR) is 149 cm³/mol. The SMILES string of the molecule is CC(C)(C)OC(=O)N[C@@H]1CCCCCC=C[C@@H]2C[C@]2(C(=O)O)NC(=O)[C@@H]2CC(n3nc4ccccc4n3)CN2C1=O. The molecule has 5 rings (SSSR count). The molecule has 220 valence electrons. The first kappa shape index (κ1) is 28.6. The van der Waals surface area contributed by atoms with Crippen molar-refractivity contribution in [2.75, 3.05) is 6.54 Å². The molecule has 0 bridgehead atoms. The van der Waals surface area contributed by atoms with Crippen LogP contribution in [0.15, 0.2) is 36.4 Å². The summed E-state index contributed by atoms with van der Waals surface area (Å²) in [6.45, 7) is 5.37. The lowest BCUT2D eigenvalue weighted by molar-refractivity contribution is -0.145. The monoisotopic (exact) mass is 566 g/mol. The Labute approximate surface area is 238 Å². The number of nitrogens with one attached hydrogen (secondary N) is 2. The van der Waals surface area contributed by atoms with Gasteiger partial charge in [-0.1, -0.05) is 37.1 Å². The molecule has 2 fully saturated rings. The van der Waals surface area contributed by atoms with Gasteiger partial charge in [0.1, 0.15) is 34.3 Å². The van der Waals surface area contributed by atoms with Gasteiger partial charge in [-0.25, -0.2) is 9.59 Å². The number of carbonyl (C=O) groups is 4. The Morgan fingerprint density at radius 3 is 2.49 bits per heavy atom. The van der Waals surface area contributed by atoms with Crippen molar-refractivity contribution in [2.24, 2.45) is 5.92 Å². The third-order valence-corrected chi connectivity index (χ3v) is 7.96. The molecule has 5 atom stereocenters. The molecule has 3 amide bonds. The van der Waals surface area contributed by atoms with Crippen LogP contribution < -0.4 is 10.6 Å². The zero-order valence-corrected chi connectivity index (χ0v) is 23.7. The van der Waals surface area contributed by atoms with E-state index in [4.69, 9.17) is 4.74 Å². The van der Waals surface area contributed by atoms with Gasteiger partial charge < -0.3 is 25.4 Å². The first-order chi connectivity index (χ1) is 19.5. The molecule has 3 heterocycles. The smallest absolute Gasteiger partial charge is 0.408 e. The third kappa shape index (κ3) is 6.20. The summed E-state index contributed by atoms with van der Waals surface area (Å²) in [7, 11) is 0. The van der Waals surface area contributed by atoms with E-state index < -0.39 is 53.1 Å². The molecule has 3 N–H and O–H groups in total. The van der Waals surface area contributed by atoms with Crippen LogP contribution in [0.3, 0.4) is 0 Å². The Balaban J connectivity index is 1.46. The van der Waals surface area contributed by atoms with E-state index in [2.05, 4.69) is 20.8 Å². The maximum Gasteiger partial charge on any atom is 0.408 e. The average Bonchev–Trinajstić information content (AvgIpc) is 3.23. The summed E-state index contributed by atoms with van der Waals surface area (Å²) in [4.78, 5) is 55.8. The first-order valence-corrected chi connectivity index (χ1v) is 14.3. The standard InChI is InChI=1S/C29H38N6O6/c1-28(2,3)41-27(40)30-22-14-8-6-4-5-7-11-18-16-29(18,26(38)39)31-24(36)23-15-19(17-34(23)25(22)37)35-32-20-12-9-10-13-21(20)33-35/h7,9-13,18-19,22-23H,4-6,8,14-17H2,1-3H3,(H,30,40)(H,31,36)(H,38,39)/t18-,19?,22-,23+,29+/m1/s1. The van der Waals surface area contributed by atoms with Gasteiger partial charge in [-0.05, 0) is 58.6 Å². The quantitative estimate of drug-likeness (QED) is 0.479. The number of benzene rings is 1. The van der Waals surface area contributed by atoms with Crippen LogP contribution in [0.4, 0.5) is 4.79 Å². The molecular formula is C29H38N6O6. The number of carbonyl (C=O) groups excluding carboxylic acids is 3. The Morgan fingerprint density at radius 2 is 1.83 bits per heavy atom. The van der Waals surface area contributed by atoms with Crippen molar-refractivity contribution >= 4 is 34.9 Å². The van der Waals surface area contributed by atoms with E-state index in [1.165, 1.54) is 9.70 Å². The van der Waals surface area contributed by atoms with Gasteiger partial charge in [-0.3, -0.25) is 9.59 Å². The van der Waals surface area contributed by atoms with E-state index in [-0.39, 0.29) is 18.9 Å². The highest BCUT2D eigenvalue weighted by molar-refractivity contribution is 5.96. The molecule has 2 aromatic rings. The molecule has 41 heavy (non-hydrogen) atoms. The maximum absolute atomic E-state index is 14.1. The van der Waals surface area contributed by atoms with E-state index in [1.54, 1.807) is 20.8 Å². The predicted octanol–water partition coefficient (Wildman–Crippen LogP) is 2.95. The highest BCUT2D eigenvalue weighted by Crippen LogP contribution is 2.45. The maximum atomic E-state index is 14.1. The van der Waals surface area contributed by atoms with Gasteiger partial charge in [0.05, 0.1) is 6.04 Å². The fraction of sp³-hybridized carbons (Fsp3) is 0.586. The Morgan fingerprint density at radius 1 is 1.12 bits per heavy atom. The number of carboxylic acids is 1. The summed E-state index contributed by atoms with van der Waals surface area (Å²) in [5, 5.41) is 24.7. The van der Waals surface area contributed by atoms with Crippen LogP contribution in [0.5, 0.6) is 0 Å². The van der Waals surface area contributed by atoms with Gasteiger partial charge in [0.2, 0.25) is 11.8 Å². The van der Waals surface area contributed by atoms with E-state index in [9.17, 15) is 24.3 Å². The second-order valence-corrected chi connectivity index (χ2v) is 12.2. The van der Waals surface area contributed by atoms with Gasteiger partial charge >= 0.3 is 12.1 Å². The molecule has 1 saturated carbocycles. The van der Waals surface area contributed by atoms with E-state index in [1.807, 2.05) is 36.4 Å². The van der Waals surface area contributed by atoms with Crippen LogP contribution in [0.25, 0.3) is 11.0 Å². The number of aliphatic carboxylic acids is 1. The van der Waals surface area contributed by atoms with Crippen molar-refractivity contribution in [2.45, 2.75) is 95.0 Å². The van der Waals surface area contributed by atoms with Crippen molar-refractivity contribution in [3.8, 4) is 0 Å². The number of alkyl carbamates (subject to hydrolysis) is 1. The first-order valence-electron chi connectivity index (χ1n) is 14.3. The lowest BCUT2D eigenvalue weighted by atomic mass is 10.0. The molecule has 1 saturated heterocycles. The number of hydrogen-bond acceptors (Lipinski definition) is 7. The van der Waals surface area contributed by atoms with E-state index in [0.717, 1.165) is 19.3 Å². The topological polar surface area (TPSA) is 156 Å². The summed E-state index contributed by atoms with van der Waals surface area (Å²) in [6.07, 6.45) is 7.14. The fourth-order valence-corrected chi connectivity index (χ4v) is 5.73. The summed E-state index contributed by atoms with van der Waals surface area (Å²) in [5.41, 5.74) is -0.766. The highest BCUT2D eigenvalue weighted by Gasteiger charge is 2.61. The van der Waals surface area contributed by atoms with Crippen molar-refractivity contribution in [1.29, 1.82) is 0 Å². The van der Waals surface area contributed by atoms with Crippen molar-refractivity contribution < 1.29 is 29.0 Å². The lowest BCUT2D eigenvalue weighted by Gasteiger charge is -2.30. The number of rotatable bonds is 3. The molecule has 12 heteroatoms.